The van der Waals surface area contributed by atoms with Gasteiger partial charge in [-0.2, -0.15) is 15.4 Å². The number of nitrogens with zero attached hydrogens (tertiary/aromatic N) is 3. The maximum atomic E-state index is 12.5. The number of aromatic nitrogens is 3. The Morgan fingerprint density at radius 1 is 1.21 bits per heavy atom. The zero-order valence-corrected chi connectivity index (χ0v) is 11.0. The number of amides is 1. The number of nitrogens with one attached hydrogen (secondary N) is 1. The molecule has 5 nitrogen and oxygen atoms in total. The number of H-pyrrole nitrogens is 1. The summed E-state index contributed by atoms with van der Waals surface area (Å²) in [4.78, 5) is 14.4. The van der Waals surface area contributed by atoms with E-state index in [1.165, 1.54) is 0 Å². The van der Waals surface area contributed by atoms with E-state index in [0.29, 0.717) is 11.4 Å². The first kappa shape index (κ1) is 11.9. The Morgan fingerprint density at radius 3 is 2.53 bits per heavy atom. The number of carbonyl (C=O) groups excluding carboxylic acids is 1. The van der Waals surface area contributed by atoms with Crippen LogP contribution in [0.5, 0.6) is 0 Å². The molecule has 2 unspecified atom stereocenters. The van der Waals surface area contributed by atoms with Crippen molar-refractivity contribution in [2.75, 3.05) is 0 Å². The van der Waals surface area contributed by atoms with Crippen molar-refractivity contribution in [2.45, 2.75) is 32.4 Å². The molecule has 1 saturated heterocycles. The maximum absolute atomic E-state index is 12.5. The number of aromatic amines is 1. The van der Waals surface area contributed by atoms with Crippen LogP contribution in [0.1, 0.15) is 30.8 Å². The summed E-state index contributed by atoms with van der Waals surface area (Å²) >= 11 is 0. The van der Waals surface area contributed by atoms with Gasteiger partial charge in [-0.3, -0.25) is 4.79 Å². The highest BCUT2D eigenvalue weighted by Crippen LogP contribution is 2.29. The molecule has 1 aliphatic heterocycles. The minimum atomic E-state index is -0.0427. The number of carbonyl (C=O) groups is 1. The van der Waals surface area contributed by atoms with Crippen molar-refractivity contribution >= 4 is 5.91 Å². The summed E-state index contributed by atoms with van der Waals surface area (Å²) in [6.07, 6.45) is 1.05. The van der Waals surface area contributed by atoms with Gasteiger partial charge in [-0.05, 0) is 20.3 Å². The van der Waals surface area contributed by atoms with Gasteiger partial charge in [0, 0.05) is 17.6 Å². The highest BCUT2D eigenvalue weighted by atomic mass is 16.2. The van der Waals surface area contributed by atoms with Crippen molar-refractivity contribution < 1.29 is 4.79 Å². The molecular weight excluding hydrogens is 240 g/mol. The summed E-state index contributed by atoms with van der Waals surface area (Å²) in [6, 6.07) is 10.2. The second kappa shape index (κ2) is 4.50. The Kier molecular flexibility index (Phi) is 2.81. The van der Waals surface area contributed by atoms with Crippen LogP contribution in [-0.4, -0.2) is 38.3 Å². The lowest BCUT2D eigenvalue weighted by atomic mass is 9.94. The molecule has 3 rings (SSSR count). The Morgan fingerprint density at radius 2 is 1.89 bits per heavy atom. The topological polar surface area (TPSA) is 61.9 Å². The number of hydrogen-bond donors (Lipinski definition) is 1. The largest absolute Gasteiger partial charge is 0.332 e. The molecule has 1 aromatic carbocycles. The van der Waals surface area contributed by atoms with Crippen LogP contribution in [0.4, 0.5) is 0 Å². The van der Waals surface area contributed by atoms with Gasteiger partial charge in [0.25, 0.3) is 5.91 Å². The van der Waals surface area contributed by atoms with Gasteiger partial charge in [-0.1, -0.05) is 30.3 Å². The third kappa shape index (κ3) is 1.91. The molecule has 1 amide bonds. The summed E-state index contributed by atoms with van der Waals surface area (Å²) in [6.45, 7) is 4.11. The molecule has 0 radical (unpaired) electrons. The van der Waals surface area contributed by atoms with E-state index < -0.39 is 0 Å². The van der Waals surface area contributed by atoms with E-state index in [1.54, 1.807) is 0 Å². The minimum Gasteiger partial charge on any atom is -0.332 e. The van der Waals surface area contributed by atoms with Crippen LogP contribution in [0.15, 0.2) is 30.3 Å². The van der Waals surface area contributed by atoms with Crippen molar-refractivity contribution in [3.05, 3.63) is 36.0 Å². The van der Waals surface area contributed by atoms with E-state index in [2.05, 4.69) is 29.3 Å². The summed E-state index contributed by atoms with van der Waals surface area (Å²) < 4.78 is 0. The molecule has 0 saturated carbocycles. The van der Waals surface area contributed by atoms with Gasteiger partial charge < -0.3 is 4.90 Å². The molecule has 2 atom stereocenters. The average Bonchev–Trinajstić information content (AvgIpc) is 2.88. The zero-order valence-electron chi connectivity index (χ0n) is 11.0. The molecule has 5 heteroatoms. The SMILES string of the molecule is CC1CC(C)N1C(=O)c1n[nH]nc1-c1ccccc1. The van der Waals surface area contributed by atoms with Crippen LogP contribution in [0, 0.1) is 0 Å². The van der Waals surface area contributed by atoms with Crippen LogP contribution >= 0.6 is 0 Å². The smallest absolute Gasteiger partial charge is 0.277 e. The van der Waals surface area contributed by atoms with Crippen molar-refractivity contribution in [3.63, 3.8) is 0 Å². The molecule has 19 heavy (non-hydrogen) atoms. The molecule has 0 aliphatic carbocycles. The molecule has 1 fully saturated rings. The Bertz CT molecular complexity index is 585. The highest BCUT2D eigenvalue weighted by molar-refractivity contribution is 5.98. The van der Waals surface area contributed by atoms with Crippen molar-refractivity contribution in [2.24, 2.45) is 0 Å². The van der Waals surface area contributed by atoms with E-state index in [9.17, 15) is 4.79 Å². The zero-order chi connectivity index (χ0) is 13.4. The molecule has 1 N–H and O–H groups in total. The normalized spacial score (nSPS) is 22.1. The fourth-order valence-corrected chi connectivity index (χ4v) is 2.72. The van der Waals surface area contributed by atoms with Crippen LogP contribution in [-0.2, 0) is 0 Å². The Balaban J connectivity index is 1.95. The number of hydrogen-bond acceptors (Lipinski definition) is 3. The van der Waals surface area contributed by atoms with E-state index in [-0.39, 0.29) is 18.0 Å². The average molecular weight is 256 g/mol. The van der Waals surface area contributed by atoms with Gasteiger partial charge in [0.15, 0.2) is 5.69 Å². The van der Waals surface area contributed by atoms with E-state index in [4.69, 9.17) is 0 Å². The predicted molar refractivity (Wildman–Crippen MR) is 71.5 cm³/mol. The summed E-state index contributed by atoms with van der Waals surface area (Å²) in [5, 5.41) is 10.7. The van der Waals surface area contributed by atoms with Gasteiger partial charge >= 0.3 is 0 Å². The second-order valence-corrected chi connectivity index (χ2v) is 5.03. The summed E-state index contributed by atoms with van der Waals surface area (Å²) in [5.74, 6) is -0.0427. The number of likely N-dealkylation sites (tertiary alicyclic amines) is 1. The maximum Gasteiger partial charge on any atom is 0.277 e. The van der Waals surface area contributed by atoms with Crippen molar-refractivity contribution in [1.29, 1.82) is 0 Å². The predicted octanol–water partition coefficient (Wildman–Crippen LogP) is 2.09. The standard InChI is InChI=1S/C14H16N4O/c1-9-8-10(2)18(9)14(19)13-12(15-17-16-13)11-6-4-3-5-7-11/h3-7,9-10H,8H2,1-2H3,(H,15,16,17). The first-order valence-corrected chi connectivity index (χ1v) is 6.47. The van der Waals surface area contributed by atoms with E-state index in [1.807, 2.05) is 35.2 Å². The first-order chi connectivity index (χ1) is 9.18. The lowest BCUT2D eigenvalue weighted by Gasteiger charge is -2.45. The monoisotopic (exact) mass is 256 g/mol. The van der Waals surface area contributed by atoms with Crippen molar-refractivity contribution in [1.82, 2.24) is 20.3 Å². The van der Waals surface area contributed by atoms with Crippen LogP contribution in [0.25, 0.3) is 11.3 Å². The third-order valence-electron chi connectivity index (χ3n) is 3.66. The third-order valence-corrected chi connectivity index (χ3v) is 3.66. The Labute approximate surface area is 111 Å². The fourth-order valence-electron chi connectivity index (χ4n) is 2.72. The van der Waals surface area contributed by atoms with Gasteiger partial charge in [0.1, 0.15) is 5.69 Å². The molecular formula is C14H16N4O. The van der Waals surface area contributed by atoms with Gasteiger partial charge in [0.2, 0.25) is 0 Å². The van der Waals surface area contributed by atoms with Crippen molar-refractivity contribution in [3.8, 4) is 11.3 Å². The molecule has 2 aromatic rings. The lowest BCUT2D eigenvalue weighted by Crippen LogP contribution is -2.55. The van der Waals surface area contributed by atoms with Crippen LogP contribution in [0.3, 0.4) is 0 Å². The van der Waals surface area contributed by atoms with E-state index in [0.717, 1.165) is 12.0 Å². The molecule has 1 aliphatic rings. The number of rotatable bonds is 2. The van der Waals surface area contributed by atoms with E-state index >= 15 is 0 Å². The minimum absolute atomic E-state index is 0.0427. The highest BCUT2D eigenvalue weighted by Gasteiger charge is 2.38. The quantitative estimate of drug-likeness (QED) is 0.895. The molecule has 0 bridgehead atoms. The summed E-state index contributed by atoms with van der Waals surface area (Å²) in [5.41, 5.74) is 1.93. The number of benzene rings is 1. The fraction of sp³-hybridized carbons (Fsp3) is 0.357. The molecule has 98 valence electrons. The summed E-state index contributed by atoms with van der Waals surface area (Å²) in [7, 11) is 0. The Hall–Kier alpha value is -2.17. The van der Waals surface area contributed by atoms with Crippen LogP contribution in [0.2, 0.25) is 0 Å². The molecule has 2 heterocycles. The van der Waals surface area contributed by atoms with Gasteiger partial charge in [-0.15, -0.1) is 0 Å². The second-order valence-electron chi connectivity index (χ2n) is 5.03. The van der Waals surface area contributed by atoms with Crippen LogP contribution < -0.4 is 0 Å². The van der Waals surface area contributed by atoms with Gasteiger partial charge in [-0.25, -0.2) is 0 Å². The molecule has 0 spiro atoms. The van der Waals surface area contributed by atoms with Gasteiger partial charge in [0.05, 0.1) is 0 Å². The lowest BCUT2D eigenvalue weighted by molar-refractivity contribution is 0.0261. The molecule has 1 aromatic heterocycles. The first-order valence-electron chi connectivity index (χ1n) is 6.47.